The van der Waals surface area contributed by atoms with Gasteiger partial charge in [-0.1, -0.05) is 104 Å². The van der Waals surface area contributed by atoms with Gasteiger partial charge in [0.2, 0.25) is 5.91 Å². The number of nitrogens with one attached hydrogen (secondary N) is 2. The number of ether oxygens (including phenoxy) is 2. The molecule has 0 aromatic carbocycles. The zero-order valence-corrected chi connectivity index (χ0v) is 26.4. The number of carbonyl (C=O) groups excluding carboxylic acids is 3. The molecule has 2 amide bonds. The van der Waals surface area contributed by atoms with Gasteiger partial charge in [0.05, 0.1) is 6.54 Å². The van der Waals surface area contributed by atoms with Crippen LogP contribution >= 0.6 is 0 Å². The molecule has 0 aromatic rings. The molecule has 1 heterocycles. The van der Waals surface area contributed by atoms with E-state index in [4.69, 9.17) is 9.47 Å². The Balaban J connectivity index is 2.36. The van der Waals surface area contributed by atoms with E-state index >= 15 is 0 Å². The molecule has 42 heavy (non-hydrogen) atoms. The highest BCUT2D eigenvalue weighted by Crippen LogP contribution is 2.16. The van der Waals surface area contributed by atoms with Crippen LogP contribution < -0.4 is 10.6 Å². The van der Waals surface area contributed by atoms with Gasteiger partial charge < -0.3 is 35.4 Å². The average molecular weight is 599 g/mol. The summed E-state index contributed by atoms with van der Waals surface area (Å²) in [4.78, 5) is 37.8. The van der Waals surface area contributed by atoms with E-state index in [-0.39, 0.29) is 24.9 Å². The van der Waals surface area contributed by atoms with Crippen LogP contribution in [-0.2, 0) is 23.9 Å². The van der Waals surface area contributed by atoms with Crippen LogP contribution in [0.25, 0.3) is 0 Å². The van der Waals surface area contributed by atoms with E-state index in [2.05, 4.69) is 17.6 Å². The van der Waals surface area contributed by atoms with Gasteiger partial charge in [-0.15, -0.1) is 0 Å². The number of unbranched alkanes of at least 4 members (excludes halogenated alkanes) is 11. The SMILES string of the molecule is CCCCCCCCCCCCCCC(=O)OC1CCC(NC(=O)C(OC)C(O)C(O)C(O)C=CC(C)C)C(=O)NC1. The number of carbonyl (C=O) groups is 3. The number of rotatable bonds is 22. The summed E-state index contributed by atoms with van der Waals surface area (Å²) in [6.07, 6.45) is 11.7. The van der Waals surface area contributed by atoms with Crippen LogP contribution in [0.4, 0.5) is 0 Å². The van der Waals surface area contributed by atoms with Gasteiger partial charge in [-0.25, -0.2) is 0 Å². The van der Waals surface area contributed by atoms with E-state index in [9.17, 15) is 29.7 Å². The van der Waals surface area contributed by atoms with E-state index in [1.54, 1.807) is 6.08 Å². The number of amides is 2. The second-order valence-electron chi connectivity index (χ2n) is 11.9. The molecule has 0 spiro atoms. The molecular weight excluding hydrogens is 540 g/mol. The maximum atomic E-state index is 12.8. The normalized spacial score (nSPS) is 20.5. The summed E-state index contributed by atoms with van der Waals surface area (Å²) >= 11 is 0. The fourth-order valence-corrected chi connectivity index (χ4v) is 5.00. The van der Waals surface area contributed by atoms with Crippen LogP contribution in [0.2, 0.25) is 0 Å². The van der Waals surface area contributed by atoms with Crippen molar-refractivity contribution in [2.45, 2.75) is 154 Å². The topological polar surface area (TPSA) is 154 Å². The number of hydrogen-bond acceptors (Lipinski definition) is 8. The number of allylic oxidation sites excluding steroid dienone is 1. The second-order valence-corrected chi connectivity index (χ2v) is 11.9. The Morgan fingerprint density at radius 1 is 0.905 bits per heavy atom. The molecule has 0 radical (unpaired) electrons. The first-order valence-electron chi connectivity index (χ1n) is 16.1. The summed E-state index contributed by atoms with van der Waals surface area (Å²) in [6, 6.07) is -0.926. The van der Waals surface area contributed by atoms with E-state index in [1.807, 2.05) is 13.8 Å². The summed E-state index contributed by atoms with van der Waals surface area (Å²) in [6.45, 7) is 6.17. The Labute approximate surface area is 253 Å². The van der Waals surface area contributed by atoms with Crippen molar-refractivity contribution in [3.8, 4) is 0 Å². The van der Waals surface area contributed by atoms with Gasteiger partial charge in [-0.05, 0) is 25.2 Å². The van der Waals surface area contributed by atoms with Crippen LogP contribution in [0.15, 0.2) is 12.2 Å². The molecule has 0 saturated carbocycles. The van der Waals surface area contributed by atoms with E-state index < -0.39 is 48.4 Å². The predicted molar refractivity (Wildman–Crippen MR) is 163 cm³/mol. The molecule has 0 aromatic heterocycles. The van der Waals surface area contributed by atoms with E-state index in [0.717, 1.165) is 19.3 Å². The maximum absolute atomic E-state index is 12.8. The summed E-state index contributed by atoms with van der Waals surface area (Å²) in [7, 11) is 1.19. The molecular formula is C32H58N2O8. The lowest BCUT2D eigenvalue weighted by atomic mass is 10.00. The maximum Gasteiger partial charge on any atom is 0.306 e. The number of aliphatic hydroxyl groups is 3. The van der Waals surface area contributed by atoms with Crippen molar-refractivity contribution in [3.63, 3.8) is 0 Å². The third-order valence-corrected chi connectivity index (χ3v) is 7.66. The molecule has 1 saturated heterocycles. The van der Waals surface area contributed by atoms with Gasteiger partial charge in [-0.3, -0.25) is 14.4 Å². The lowest BCUT2D eigenvalue weighted by Gasteiger charge is -2.28. The summed E-state index contributed by atoms with van der Waals surface area (Å²) in [5.41, 5.74) is 0. The average Bonchev–Trinajstić information content (AvgIpc) is 3.12. The molecule has 5 N–H and O–H groups in total. The summed E-state index contributed by atoms with van der Waals surface area (Å²) in [5.74, 6) is -1.40. The van der Waals surface area contributed by atoms with Crippen LogP contribution in [0, 0.1) is 5.92 Å². The van der Waals surface area contributed by atoms with Crippen molar-refractivity contribution in [2.24, 2.45) is 5.92 Å². The first-order valence-corrected chi connectivity index (χ1v) is 16.1. The Bertz CT molecular complexity index is 790. The predicted octanol–water partition coefficient (Wildman–Crippen LogP) is 3.69. The third kappa shape index (κ3) is 16.0. The third-order valence-electron chi connectivity index (χ3n) is 7.66. The minimum absolute atomic E-state index is 0.122. The number of esters is 1. The van der Waals surface area contributed by atoms with Crippen molar-refractivity contribution in [1.82, 2.24) is 10.6 Å². The largest absolute Gasteiger partial charge is 0.460 e. The number of hydrogen-bond donors (Lipinski definition) is 5. The Morgan fingerprint density at radius 2 is 1.48 bits per heavy atom. The molecule has 1 aliphatic heterocycles. The van der Waals surface area contributed by atoms with Gasteiger partial charge in [0, 0.05) is 13.5 Å². The minimum Gasteiger partial charge on any atom is -0.460 e. The Kier molecular flexibility index (Phi) is 20.4. The van der Waals surface area contributed by atoms with Crippen molar-refractivity contribution in [2.75, 3.05) is 13.7 Å². The molecule has 244 valence electrons. The smallest absolute Gasteiger partial charge is 0.306 e. The lowest BCUT2D eigenvalue weighted by Crippen LogP contribution is -2.55. The molecule has 6 unspecified atom stereocenters. The molecule has 10 heteroatoms. The van der Waals surface area contributed by atoms with Gasteiger partial charge in [0.25, 0.3) is 5.91 Å². The van der Waals surface area contributed by atoms with Gasteiger partial charge in [0.1, 0.15) is 30.5 Å². The fourth-order valence-electron chi connectivity index (χ4n) is 5.00. The highest BCUT2D eigenvalue weighted by atomic mass is 16.5. The standard InChI is InChI=1S/C32H58N2O8/c1-5-6-7-8-9-10-11-12-13-14-15-16-17-27(36)42-24-19-20-25(31(39)33-22-24)34-32(40)30(41-4)29(38)28(37)26(35)21-18-23(2)3/h18,21,23-26,28-30,35,37-38H,5-17,19-20,22H2,1-4H3,(H,33,39)(H,34,40). The fraction of sp³-hybridized carbons (Fsp3) is 0.844. The van der Waals surface area contributed by atoms with E-state index in [1.165, 1.54) is 71.0 Å². The monoisotopic (exact) mass is 598 g/mol. The quantitative estimate of drug-likeness (QED) is 0.0718. The van der Waals surface area contributed by atoms with Crippen molar-refractivity contribution < 1.29 is 39.2 Å². The molecule has 10 nitrogen and oxygen atoms in total. The second kappa shape index (κ2) is 22.5. The van der Waals surface area contributed by atoms with E-state index in [0.29, 0.717) is 12.8 Å². The molecule has 0 aliphatic carbocycles. The van der Waals surface area contributed by atoms with Gasteiger partial charge >= 0.3 is 5.97 Å². The number of methoxy groups -OCH3 is 1. The van der Waals surface area contributed by atoms with Crippen LogP contribution in [0.1, 0.15) is 117 Å². The van der Waals surface area contributed by atoms with Crippen LogP contribution in [0.3, 0.4) is 0 Å². The minimum atomic E-state index is -1.73. The molecule has 6 atom stereocenters. The Morgan fingerprint density at radius 3 is 2.02 bits per heavy atom. The van der Waals surface area contributed by atoms with Gasteiger partial charge in [0.15, 0.2) is 6.10 Å². The Hall–Kier alpha value is -2.01. The molecule has 0 bridgehead atoms. The van der Waals surface area contributed by atoms with Crippen LogP contribution in [0.5, 0.6) is 0 Å². The number of aliphatic hydroxyl groups excluding tert-OH is 3. The molecule has 1 aliphatic rings. The summed E-state index contributed by atoms with van der Waals surface area (Å²) in [5, 5.41) is 36.1. The van der Waals surface area contributed by atoms with Crippen molar-refractivity contribution in [1.29, 1.82) is 0 Å². The van der Waals surface area contributed by atoms with Crippen molar-refractivity contribution in [3.05, 3.63) is 12.2 Å². The highest BCUT2D eigenvalue weighted by Gasteiger charge is 2.37. The zero-order valence-electron chi connectivity index (χ0n) is 26.4. The first kappa shape index (κ1) is 38.0. The molecule has 1 fully saturated rings. The lowest BCUT2D eigenvalue weighted by molar-refractivity contribution is -0.151. The summed E-state index contributed by atoms with van der Waals surface area (Å²) < 4.78 is 10.7. The molecule has 1 rings (SSSR count). The first-order chi connectivity index (χ1) is 20.1. The van der Waals surface area contributed by atoms with Crippen molar-refractivity contribution >= 4 is 17.8 Å². The zero-order chi connectivity index (χ0) is 31.3. The van der Waals surface area contributed by atoms with Gasteiger partial charge in [-0.2, -0.15) is 0 Å². The van der Waals surface area contributed by atoms with Crippen LogP contribution in [-0.4, -0.2) is 83.3 Å². The highest BCUT2D eigenvalue weighted by molar-refractivity contribution is 5.89.